The summed E-state index contributed by atoms with van der Waals surface area (Å²) in [7, 11) is 1.66. The van der Waals surface area contributed by atoms with Gasteiger partial charge in [-0.15, -0.1) is 0 Å². The Morgan fingerprint density at radius 3 is 3.06 bits per heavy atom. The van der Waals surface area contributed by atoms with Crippen molar-refractivity contribution in [3.05, 3.63) is 11.6 Å². The van der Waals surface area contributed by atoms with Gasteiger partial charge in [-0.3, -0.25) is 5.10 Å². The number of piperidine rings is 1. The Balaban J connectivity index is 2.04. The smallest absolute Gasteiger partial charge is 0.317 e. The van der Waals surface area contributed by atoms with Crippen LogP contribution < -0.4 is 5.32 Å². The molecule has 1 atom stereocenters. The van der Waals surface area contributed by atoms with Crippen LogP contribution in [0, 0.1) is 6.92 Å². The van der Waals surface area contributed by atoms with Gasteiger partial charge < -0.3 is 10.2 Å². The summed E-state index contributed by atoms with van der Waals surface area (Å²) in [5.41, 5.74) is 0. The Labute approximate surface area is 94.4 Å². The summed E-state index contributed by atoms with van der Waals surface area (Å²) < 4.78 is 0. The molecule has 0 unspecified atom stereocenters. The van der Waals surface area contributed by atoms with E-state index in [0.29, 0.717) is 6.54 Å². The lowest BCUT2D eigenvalue weighted by Crippen LogP contribution is -2.43. The number of aromatic nitrogens is 3. The molecule has 2 N–H and O–H groups in total. The molecule has 1 saturated heterocycles. The van der Waals surface area contributed by atoms with E-state index in [2.05, 4.69) is 20.5 Å². The molecule has 1 aromatic heterocycles. The van der Waals surface area contributed by atoms with E-state index in [4.69, 9.17) is 0 Å². The zero-order chi connectivity index (χ0) is 11.5. The fourth-order valence-electron chi connectivity index (χ4n) is 2.07. The molecule has 1 aromatic rings. The second kappa shape index (κ2) is 4.51. The Bertz CT molecular complexity index is 375. The van der Waals surface area contributed by atoms with E-state index in [0.717, 1.165) is 31.0 Å². The van der Waals surface area contributed by atoms with Crippen molar-refractivity contribution in [2.24, 2.45) is 0 Å². The SMILES string of the molecule is CNC(=O)N1CCC[C@@H](c2n[nH]c(C)n2)C1. The molecule has 0 aliphatic carbocycles. The second-order valence-corrected chi connectivity index (χ2v) is 4.12. The minimum atomic E-state index is -0.0167. The number of aryl methyl sites for hydroxylation is 1. The van der Waals surface area contributed by atoms with Crippen molar-refractivity contribution in [3.63, 3.8) is 0 Å². The number of nitrogens with one attached hydrogen (secondary N) is 2. The second-order valence-electron chi connectivity index (χ2n) is 4.12. The third-order valence-electron chi connectivity index (χ3n) is 2.90. The van der Waals surface area contributed by atoms with Gasteiger partial charge in [-0.05, 0) is 19.8 Å². The molecule has 0 spiro atoms. The predicted octanol–water partition coefficient (Wildman–Crippen LogP) is 0.632. The number of urea groups is 1. The normalized spacial score (nSPS) is 20.9. The van der Waals surface area contributed by atoms with Gasteiger partial charge in [0.05, 0.1) is 0 Å². The number of aromatic amines is 1. The predicted molar refractivity (Wildman–Crippen MR) is 59.1 cm³/mol. The summed E-state index contributed by atoms with van der Waals surface area (Å²) in [5.74, 6) is 1.91. The van der Waals surface area contributed by atoms with Crippen molar-refractivity contribution < 1.29 is 4.79 Å². The molecule has 2 rings (SSSR count). The molecule has 0 aromatic carbocycles. The maximum Gasteiger partial charge on any atom is 0.317 e. The summed E-state index contributed by atoms with van der Waals surface area (Å²) >= 11 is 0. The molecular weight excluding hydrogens is 206 g/mol. The first-order chi connectivity index (χ1) is 7.70. The van der Waals surface area contributed by atoms with Gasteiger partial charge in [0.25, 0.3) is 0 Å². The van der Waals surface area contributed by atoms with Crippen molar-refractivity contribution in [2.75, 3.05) is 20.1 Å². The van der Waals surface area contributed by atoms with Crippen LogP contribution in [0.15, 0.2) is 0 Å². The summed E-state index contributed by atoms with van der Waals surface area (Å²) in [6, 6.07) is -0.0167. The number of rotatable bonds is 1. The van der Waals surface area contributed by atoms with Crippen LogP contribution in [0.4, 0.5) is 4.79 Å². The molecule has 2 heterocycles. The van der Waals surface area contributed by atoms with Crippen LogP contribution in [-0.4, -0.2) is 46.2 Å². The number of amides is 2. The molecular formula is C10H17N5O. The van der Waals surface area contributed by atoms with Crippen LogP contribution >= 0.6 is 0 Å². The molecule has 1 fully saturated rings. The van der Waals surface area contributed by atoms with Crippen LogP contribution in [-0.2, 0) is 0 Å². The Morgan fingerprint density at radius 1 is 1.62 bits per heavy atom. The van der Waals surface area contributed by atoms with E-state index in [9.17, 15) is 4.79 Å². The highest BCUT2D eigenvalue weighted by Gasteiger charge is 2.26. The maximum absolute atomic E-state index is 11.5. The van der Waals surface area contributed by atoms with Crippen LogP contribution in [0.1, 0.15) is 30.4 Å². The quantitative estimate of drug-likeness (QED) is 0.733. The van der Waals surface area contributed by atoms with Gasteiger partial charge in [0.1, 0.15) is 5.82 Å². The lowest BCUT2D eigenvalue weighted by molar-refractivity contribution is 0.180. The lowest BCUT2D eigenvalue weighted by atomic mass is 9.98. The highest BCUT2D eigenvalue weighted by atomic mass is 16.2. The summed E-state index contributed by atoms with van der Waals surface area (Å²) in [6.45, 7) is 3.41. The Morgan fingerprint density at radius 2 is 2.44 bits per heavy atom. The number of hydrogen-bond acceptors (Lipinski definition) is 3. The fourth-order valence-corrected chi connectivity index (χ4v) is 2.07. The standard InChI is InChI=1S/C10H17N5O/c1-7-12-9(14-13-7)8-4-3-5-15(6-8)10(16)11-2/h8H,3-6H2,1-2H3,(H,11,16)(H,12,13,14)/t8-/m1/s1. The molecule has 88 valence electrons. The molecule has 2 amide bonds. The van der Waals surface area contributed by atoms with Gasteiger partial charge in [0.15, 0.2) is 5.82 Å². The van der Waals surface area contributed by atoms with E-state index >= 15 is 0 Å². The maximum atomic E-state index is 11.5. The lowest BCUT2D eigenvalue weighted by Gasteiger charge is -2.30. The first kappa shape index (κ1) is 10.9. The number of H-pyrrole nitrogens is 1. The van der Waals surface area contributed by atoms with Crippen LogP contribution in [0.25, 0.3) is 0 Å². The van der Waals surface area contributed by atoms with E-state index in [1.807, 2.05) is 11.8 Å². The average molecular weight is 223 g/mol. The topological polar surface area (TPSA) is 73.9 Å². The van der Waals surface area contributed by atoms with Gasteiger partial charge in [-0.1, -0.05) is 0 Å². The zero-order valence-electron chi connectivity index (χ0n) is 9.66. The largest absolute Gasteiger partial charge is 0.341 e. The molecule has 0 bridgehead atoms. The molecule has 1 aliphatic rings. The van der Waals surface area contributed by atoms with Gasteiger partial charge in [-0.25, -0.2) is 9.78 Å². The monoisotopic (exact) mass is 223 g/mol. The van der Waals surface area contributed by atoms with Crippen molar-refractivity contribution >= 4 is 6.03 Å². The number of carbonyl (C=O) groups is 1. The molecule has 6 heteroatoms. The van der Waals surface area contributed by atoms with E-state index in [1.165, 1.54) is 0 Å². The van der Waals surface area contributed by atoms with Gasteiger partial charge in [0, 0.05) is 26.1 Å². The highest BCUT2D eigenvalue weighted by Crippen LogP contribution is 2.24. The number of nitrogens with zero attached hydrogens (tertiary/aromatic N) is 3. The first-order valence-electron chi connectivity index (χ1n) is 5.56. The highest BCUT2D eigenvalue weighted by molar-refractivity contribution is 5.73. The molecule has 0 radical (unpaired) electrons. The van der Waals surface area contributed by atoms with Crippen molar-refractivity contribution in [3.8, 4) is 0 Å². The summed E-state index contributed by atoms with van der Waals surface area (Å²) in [5, 5.41) is 9.66. The van der Waals surface area contributed by atoms with E-state index in [1.54, 1.807) is 7.05 Å². The Kier molecular flexibility index (Phi) is 3.07. The first-order valence-corrected chi connectivity index (χ1v) is 5.56. The zero-order valence-corrected chi connectivity index (χ0v) is 9.66. The summed E-state index contributed by atoms with van der Waals surface area (Å²) in [4.78, 5) is 17.7. The van der Waals surface area contributed by atoms with Crippen molar-refractivity contribution in [1.82, 2.24) is 25.4 Å². The van der Waals surface area contributed by atoms with Crippen molar-refractivity contribution in [1.29, 1.82) is 0 Å². The summed E-state index contributed by atoms with van der Waals surface area (Å²) in [6.07, 6.45) is 2.05. The van der Waals surface area contributed by atoms with E-state index in [-0.39, 0.29) is 11.9 Å². The minimum Gasteiger partial charge on any atom is -0.341 e. The molecule has 1 aliphatic heterocycles. The number of carbonyl (C=O) groups excluding carboxylic acids is 1. The van der Waals surface area contributed by atoms with Crippen molar-refractivity contribution in [2.45, 2.75) is 25.7 Å². The average Bonchev–Trinajstić information content (AvgIpc) is 2.75. The third kappa shape index (κ3) is 2.15. The Hall–Kier alpha value is -1.59. The minimum absolute atomic E-state index is 0.0167. The van der Waals surface area contributed by atoms with Gasteiger partial charge >= 0.3 is 6.03 Å². The van der Waals surface area contributed by atoms with Crippen LogP contribution in [0.3, 0.4) is 0 Å². The van der Waals surface area contributed by atoms with Gasteiger partial charge in [0.2, 0.25) is 0 Å². The van der Waals surface area contributed by atoms with E-state index < -0.39 is 0 Å². The fraction of sp³-hybridized carbons (Fsp3) is 0.700. The van der Waals surface area contributed by atoms with Crippen LogP contribution in [0.2, 0.25) is 0 Å². The number of likely N-dealkylation sites (tertiary alicyclic amines) is 1. The molecule has 6 nitrogen and oxygen atoms in total. The van der Waals surface area contributed by atoms with Gasteiger partial charge in [-0.2, -0.15) is 5.10 Å². The number of hydrogen-bond donors (Lipinski definition) is 2. The third-order valence-corrected chi connectivity index (χ3v) is 2.90. The molecule has 16 heavy (non-hydrogen) atoms. The van der Waals surface area contributed by atoms with Crippen LogP contribution in [0.5, 0.6) is 0 Å². The molecule has 0 saturated carbocycles.